The van der Waals surface area contributed by atoms with Gasteiger partial charge in [-0.25, -0.2) is 0 Å². The maximum Gasteiger partial charge on any atom is 0.248 e. The number of rotatable bonds is 2. The molecule has 6 aromatic carbocycles. The molecule has 3 aliphatic rings. The Morgan fingerprint density at radius 1 is 0.610 bits per heavy atom. The number of para-hydroxylation sites is 1. The van der Waals surface area contributed by atoms with Gasteiger partial charge in [-0.2, -0.15) is 0 Å². The fourth-order valence-electron chi connectivity index (χ4n) is 8.94. The van der Waals surface area contributed by atoms with E-state index in [0.717, 1.165) is 6.42 Å². The SMILES string of the molecule is Cc1cc2c3c4c1c1ccccc1n4-c1cccc4c1B3c1c(cccc1C4(c1ccccc1)c1ccccc1)C2. The summed E-state index contributed by atoms with van der Waals surface area (Å²) in [6.45, 7) is 2.54. The Hall–Kier alpha value is -4.82. The van der Waals surface area contributed by atoms with Gasteiger partial charge in [-0.05, 0) is 75.3 Å². The molecule has 2 heteroatoms. The zero-order chi connectivity index (χ0) is 26.9. The van der Waals surface area contributed by atoms with Crippen LogP contribution in [0.25, 0.3) is 27.5 Å². The Balaban J connectivity index is 1.49. The zero-order valence-electron chi connectivity index (χ0n) is 22.9. The third-order valence-electron chi connectivity index (χ3n) is 10.2. The first kappa shape index (κ1) is 21.9. The molecule has 0 amide bonds. The van der Waals surface area contributed by atoms with E-state index in [9.17, 15) is 0 Å². The molecule has 0 bridgehead atoms. The number of aryl methyl sites for hydroxylation is 1. The van der Waals surface area contributed by atoms with Crippen LogP contribution in [-0.2, 0) is 11.8 Å². The average Bonchev–Trinajstić information content (AvgIpc) is 3.38. The van der Waals surface area contributed by atoms with Crippen LogP contribution in [0.1, 0.15) is 38.9 Å². The van der Waals surface area contributed by atoms with Crippen LogP contribution in [0, 0.1) is 6.92 Å². The topological polar surface area (TPSA) is 4.93 Å². The molecule has 41 heavy (non-hydrogen) atoms. The van der Waals surface area contributed by atoms with Crippen LogP contribution in [0.3, 0.4) is 0 Å². The summed E-state index contributed by atoms with van der Waals surface area (Å²) in [5.41, 5.74) is 18.0. The van der Waals surface area contributed by atoms with Crippen molar-refractivity contribution in [3.63, 3.8) is 0 Å². The normalized spacial score (nSPS) is 15.0. The average molecular weight is 519 g/mol. The lowest BCUT2D eigenvalue weighted by atomic mass is 9.27. The minimum atomic E-state index is -0.405. The highest BCUT2D eigenvalue weighted by Crippen LogP contribution is 2.49. The highest BCUT2D eigenvalue weighted by Gasteiger charge is 2.52. The number of nitrogens with zero attached hydrogens (tertiary/aromatic N) is 1. The second kappa shape index (κ2) is 7.47. The van der Waals surface area contributed by atoms with E-state index in [0.29, 0.717) is 0 Å². The van der Waals surface area contributed by atoms with Crippen LogP contribution in [0.15, 0.2) is 127 Å². The molecule has 0 saturated carbocycles. The fourth-order valence-corrected chi connectivity index (χ4v) is 8.94. The zero-order valence-corrected chi connectivity index (χ0v) is 22.9. The first-order valence-electron chi connectivity index (χ1n) is 14.7. The first-order chi connectivity index (χ1) is 20.3. The lowest BCUT2D eigenvalue weighted by molar-refractivity contribution is 0.748. The monoisotopic (exact) mass is 519 g/mol. The van der Waals surface area contributed by atoms with Crippen LogP contribution in [-0.4, -0.2) is 11.3 Å². The van der Waals surface area contributed by atoms with Gasteiger partial charge in [-0.1, -0.05) is 121 Å². The summed E-state index contributed by atoms with van der Waals surface area (Å²) < 4.78 is 2.60. The summed E-state index contributed by atoms with van der Waals surface area (Å²) >= 11 is 0. The van der Waals surface area contributed by atoms with E-state index in [4.69, 9.17) is 0 Å². The third kappa shape index (κ3) is 2.43. The summed E-state index contributed by atoms with van der Waals surface area (Å²) in [4.78, 5) is 0. The summed E-state index contributed by atoms with van der Waals surface area (Å²) in [6, 6.07) is 48.2. The van der Waals surface area contributed by atoms with Gasteiger partial charge in [0.15, 0.2) is 0 Å². The molecule has 0 fully saturated rings. The van der Waals surface area contributed by atoms with Crippen LogP contribution in [0.5, 0.6) is 0 Å². The number of fused-ring (bicyclic) bond motifs is 4. The number of hydrogen-bond donors (Lipinski definition) is 0. The largest absolute Gasteiger partial charge is 0.310 e. The summed E-state index contributed by atoms with van der Waals surface area (Å²) in [7, 11) is 0. The van der Waals surface area contributed by atoms with Crippen molar-refractivity contribution in [2.75, 3.05) is 0 Å². The van der Waals surface area contributed by atoms with Crippen molar-refractivity contribution in [2.24, 2.45) is 0 Å². The quantitative estimate of drug-likeness (QED) is 0.229. The molecule has 1 nitrogen and oxygen atoms in total. The van der Waals surface area contributed by atoms with Crippen molar-refractivity contribution in [3.05, 3.63) is 166 Å². The molecule has 3 aliphatic heterocycles. The summed E-state index contributed by atoms with van der Waals surface area (Å²) in [5.74, 6) is 0. The Morgan fingerprint density at radius 3 is 2.02 bits per heavy atom. The molecule has 10 rings (SSSR count). The van der Waals surface area contributed by atoms with Crippen molar-refractivity contribution in [3.8, 4) is 5.69 Å². The van der Waals surface area contributed by atoms with Gasteiger partial charge in [0.2, 0.25) is 6.71 Å². The molecule has 1 aromatic heterocycles. The van der Waals surface area contributed by atoms with E-state index in [2.05, 4.69) is 139 Å². The maximum atomic E-state index is 2.60. The minimum absolute atomic E-state index is 0.233. The Morgan fingerprint density at radius 2 is 1.27 bits per heavy atom. The molecule has 0 aliphatic carbocycles. The van der Waals surface area contributed by atoms with Gasteiger partial charge >= 0.3 is 0 Å². The minimum Gasteiger partial charge on any atom is -0.310 e. The Kier molecular flexibility index (Phi) is 4.00. The predicted molar refractivity (Wildman–Crippen MR) is 171 cm³/mol. The molecule has 190 valence electrons. The van der Waals surface area contributed by atoms with Crippen molar-refractivity contribution in [2.45, 2.75) is 18.8 Å². The molecular formula is C39H26BN. The van der Waals surface area contributed by atoms with Crippen molar-refractivity contribution in [1.82, 2.24) is 4.57 Å². The first-order valence-corrected chi connectivity index (χ1v) is 14.7. The summed E-state index contributed by atoms with van der Waals surface area (Å²) in [6.07, 6.45) is 0.977. The van der Waals surface area contributed by atoms with Crippen LogP contribution >= 0.6 is 0 Å². The van der Waals surface area contributed by atoms with E-state index in [1.807, 2.05) is 0 Å². The molecule has 0 atom stereocenters. The van der Waals surface area contributed by atoms with E-state index in [-0.39, 0.29) is 6.71 Å². The molecular weight excluding hydrogens is 493 g/mol. The molecule has 0 N–H and O–H groups in total. The molecule has 7 aromatic rings. The lowest BCUT2D eigenvalue weighted by Gasteiger charge is -2.48. The lowest BCUT2D eigenvalue weighted by Crippen LogP contribution is -2.67. The van der Waals surface area contributed by atoms with Gasteiger partial charge in [-0.3, -0.25) is 0 Å². The number of hydrogen-bond acceptors (Lipinski definition) is 0. The highest BCUT2D eigenvalue weighted by atomic mass is 15.0. The molecule has 0 spiro atoms. The van der Waals surface area contributed by atoms with E-state index < -0.39 is 5.41 Å². The second-order valence-corrected chi connectivity index (χ2v) is 12.1. The Labute approximate surface area is 239 Å². The van der Waals surface area contributed by atoms with Crippen molar-refractivity contribution in [1.29, 1.82) is 0 Å². The maximum absolute atomic E-state index is 2.60. The van der Waals surface area contributed by atoms with Gasteiger partial charge in [0.1, 0.15) is 0 Å². The summed E-state index contributed by atoms with van der Waals surface area (Å²) in [5, 5.41) is 2.77. The van der Waals surface area contributed by atoms with Crippen LogP contribution in [0.2, 0.25) is 0 Å². The molecule has 0 radical (unpaired) electrons. The fraction of sp³-hybridized carbons (Fsp3) is 0.0769. The Bertz CT molecular complexity index is 2200. The third-order valence-corrected chi connectivity index (χ3v) is 10.2. The molecule has 0 unspecified atom stereocenters. The predicted octanol–water partition coefficient (Wildman–Crippen LogP) is 6.52. The number of aromatic nitrogens is 1. The standard InChI is InChI=1S/C39H26BN/c1-24-22-26-23-25-12-10-18-30-35(25)40-36(26)38-34(24)29-17-8-9-20-32(29)41(38)33-21-11-19-31(37(33)40)39(30,27-13-4-2-5-14-27)28-15-6-3-7-16-28/h2-22H,23H2,1H3. The van der Waals surface area contributed by atoms with E-state index in [1.165, 1.54) is 82.8 Å². The van der Waals surface area contributed by atoms with Gasteiger partial charge < -0.3 is 4.57 Å². The molecule has 4 heterocycles. The van der Waals surface area contributed by atoms with Gasteiger partial charge in [0, 0.05) is 22.0 Å². The van der Waals surface area contributed by atoms with E-state index in [1.54, 1.807) is 0 Å². The van der Waals surface area contributed by atoms with Gasteiger partial charge in [0.05, 0.1) is 10.9 Å². The molecule has 0 saturated heterocycles. The van der Waals surface area contributed by atoms with Gasteiger partial charge in [0.25, 0.3) is 0 Å². The van der Waals surface area contributed by atoms with E-state index >= 15 is 0 Å². The number of benzene rings is 6. The second-order valence-electron chi connectivity index (χ2n) is 12.1. The van der Waals surface area contributed by atoms with Crippen molar-refractivity contribution < 1.29 is 0 Å². The smallest absolute Gasteiger partial charge is 0.248 e. The van der Waals surface area contributed by atoms with Crippen LogP contribution < -0.4 is 16.4 Å². The van der Waals surface area contributed by atoms with Crippen molar-refractivity contribution >= 4 is 44.9 Å². The van der Waals surface area contributed by atoms with Crippen LogP contribution in [0.4, 0.5) is 0 Å². The van der Waals surface area contributed by atoms with Gasteiger partial charge in [-0.15, -0.1) is 0 Å². The highest BCUT2D eigenvalue weighted by molar-refractivity contribution is 7.00.